The first-order valence-electron chi connectivity index (χ1n) is 9.44. The lowest BCUT2D eigenvalue weighted by atomic mass is 10.1. The van der Waals surface area contributed by atoms with E-state index in [4.69, 9.17) is 4.42 Å². The fourth-order valence-electron chi connectivity index (χ4n) is 3.50. The maximum atomic E-state index is 11.9. The van der Waals surface area contributed by atoms with Crippen LogP contribution in [0.25, 0.3) is 28.4 Å². The van der Waals surface area contributed by atoms with Crippen molar-refractivity contribution in [3.8, 4) is 11.5 Å². The number of thioether (sulfide) groups is 1. The molecule has 0 unspecified atom stereocenters. The summed E-state index contributed by atoms with van der Waals surface area (Å²) in [5.41, 5.74) is 4.64. The molecule has 2 aromatic heterocycles. The Morgan fingerprint density at radius 3 is 2.70 bits per heavy atom. The summed E-state index contributed by atoms with van der Waals surface area (Å²) >= 11 is 0.918. The number of nitrogens with zero attached hydrogens (tertiary/aromatic N) is 1. The summed E-state index contributed by atoms with van der Waals surface area (Å²) in [6.45, 7) is 1.92. The highest BCUT2D eigenvalue weighted by molar-refractivity contribution is 8.18. The highest BCUT2D eigenvalue weighted by Crippen LogP contribution is 2.30. The Morgan fingerprint density at radius 2 is 1.93 bits per heavy atom. The topological polar surface area (TPSA) is 88.0 Å². The Hall–Kier alpha value is -3.58. The van der Waals surface area contributed by atoms with Gasteiger partial charge in [0.25, 0.3) is 11.1 Å². The van der Waals surface area contributed by atoms with E-state index in [0.29, 0.717) is 17.2 Å². The zero-order valence-corrected chi connectivity index (χ0v) is 16.9. The molecule has 2 aromatic carbocycles. The van der Waals surface area contributed by atoms with Gasteiger partial charge in [-0.3, -0.25) is 14.9 Å². The molecular formula is C23H17N3O3S. The number of benzene rings is 2. The maximum Gasteiger partial charge on any atom is 0.290 e. The average Bonchev–Trinajstić information content (AvgIpc) is 3.40. The number of aromatic nitrogens is 2. The first kappa shape index (κ1) is 18.4. The van der Waals surface area contributed by atoms with Crippen molar-refractivity contribution in [1.82, 2.24) is 15.3 Å². The molecule has 0 atom stereocenters. The zero-order valence-electron chi connectivity index (χ0n) is 16.1. The third-order valence-electron chi connectivity index (χ3n) is 4.95. The maximum absolute atomic E-state index is 11.9. The van der Waals surface area contributed by atoms with E-state index in [-0.39, 0.29) is 11.1 Å². The van der Waals surface area contributed by atoms with Crippen molar-refractivity contribution in [2.24, 2.45) is 0 Å². The number of carbonyl (C=O) groups is 2. The molecule has 2 N–H and O–H groups in total. The number of hydrogen-bond acceptors (Lipinski definition) is 5. The van der Waals surface area contributed by atoms with Gasteiger partial charge in [-0.15, -0.1) is 0 Å². The van der Waals surface area contributed by atoms with Crippen LogP contribution in [0.15, 0.2) is 63.9 Å². The van der Waals surface area contributed by atoms with Crippen LogP contribution in [0.3, 0.4) is 0 Å². The van der Waals surface area contributed by atoms with E-state index in [1.54, 1.807) is 6.08 Å². The van der Waals surface area contributed by atoms with Crippen LogP contribution in [0, 0.1) is 6.92 Å². The first-order valence-corrected chi connectivity index (χ1v) is 10.3. The van der Waals surface area contributed by atoms with E-state index in [0.717, 1.165) is 50.9 Å². The molecule has 1 saturated heterocycles. The Kier molecular flexibility index (Phi) is 4.52. The number of aromatic amines is 1. The molecule has 0 aliphatic carbocycles. The molecule has 3 heterocycles. The van der Waals surface area contributed by atoms with Crippen molar-refractivity contribution in [3.63, 3.8) is 0 Å². The Labute approximate surface area is 176 Å². The lowest BCUT2D eigenvalue weighted by molar-refractivity contribution is -0.115. The molecule has 4 aromatic rings. The van der Waals surface area contributed by atoms with Crippen LogP contribution in [-0.2, 0) is 11.2 Å². The standard InChI is InChI=1S/C23H17N3O3S/c1-13-19(25-22(29-13)14-6-3-2-4-7-14)12-16-11-17-15(8-5-9-18(17)24-16)10-20-21(27)26-23(28)30-20/h2-11,24H,12H2,1H3,(H,26,27,28). The number of fused-ring (bicyclic) bond motifs is 1. The summed E-state index contributed by atoms with van der Waals surface area (Å²) in [4.78, 5) is 31.8. The molecule has 1 aliphatic heterocycles. The van der Waals surface area contributed by atoms with Crippen LogP contribution in [0.2, 0.25) is 0 Å². The molecule has 6 nitrogen and oxygen atoms in total. The molecule has 7 heteroatoms. The average molecular weight is 415 g/mol. The van der Waals surface area contributed by atoms with Crippen LogP contribution in [-0.4, -0.2) is 21.1 Å². The molecule has 0 bridgehead atoms. The van der Waals surface area contributed by atoms with Gasteiger partial charge in [0.2, 0.25) is 5.89 Å². The van der Waals surface area contributed by atoms with Gasteiger partial charge in [0.1, 0.15) is 5.76 Å². The van der Waals surface area contributed by atoms with Crippen molar-refractivity contribution in [2.75, 3.05) is 0 Å². The minimum absolute atomic E-state index is 0.344. The van der Waals surface area contributed by atoms with Crippen molar-refractivity contribution >= 4 is 39.9 Å². The number of amides is 2. The molecular weight excluding hydrogens is 398 g/mol. The van der Waals surface area contributed by atoms with Gasteiger partial charge >= 0.3 is 0 Å². The summed E-state index contributed by atoms with van der Waals surface area (Å²) in [5.74, 6) is 1.04. The number of rotatable bonds is 4. The van der Waals surface area contributed by atoms with Crippen LogP contribution in [0.1, 0.15) is 22.7 Å². The van der Waals surface area contributed by atoms with Gasteiger partial charge in [0.05, 0.1) is 10.6 Å². The molecule has 30 heavy (non-hydrogen) atoms. The monoisotopic (exact) mass is 415 g/mol. The first-order chi connectivity index (χ1) is 14.6. The largest absolute Gasteiger partial charge is 0.441 e. The minimum atomic E-state index is -0.357. The molecule has 0 spiro atoms. The fourth-order valence-corrected chi connectivity index (χ4v) is 4.17. The smallest absolute Gasteiger partial charge is 0.290 e. The molecule has 1 fully saturated rings. The molecule has 5 rings (SSSR count). The zero-order chi connectivity index (χ0) is 20.7. The summed E-state index contributed by atoms with van der Waals surface area (Å²) in [5, 5.41) is 2.93. The highest BCUT2D eigenvalue weighted by atomic mass is 32.2. The molecule has 0 radical (unpaired) electrons. The van der Waals surface area contributed by atoms with E-state index in [1.165, 1.54) is 0 Å². The van der Waals surface area contributed by atoms with Crippen LogP contribution >= 0.6 is 11.8 Å². The second-order valence-electron chi connectivity index (χ2n) is 7.02. The van der Waals surface area contributed by atoms with Crippen LogP contribution in [0.5, 0.6) is 0 Å². The van der Waals surface area contributed by atoms with E-state index in [1.807, 2.05) is 55.5 Å². The van der Waals surface area contributed by atoms with Crippen LogP contribution in [0.4, 0.5) is 4.79 Å². The number of imide groups is 1. The van der Waals surface area contributed by atoms with Crippen molar-refractivity contribution < 1.29 is 14.0 Å². The quantitative estimate of drug-likeness (QED) is 0.456. The summed E-state index contributed by atoms with van der Waals surface area (Å²) in [6, 6.07) is 17.7. The second-order valence-corrected chi connectivity index (χ2v) is 8.03. The van der Waals surface area contributed by atoms with Crippen molar-refractivity contribution in [2.45, 2.75) is 13.3 Å². The van der Waals surface area contributed by atoms with Gasteiger partial charge in [-0.2, -0.15) is 0 Å². The van der Waals surface area contributed by atoms with Gasteiger partial charge in [-0.1, -0.05) is 30.3 Å². The number of hydrogen-bond donors (Lipinski definition) is 2. The van der Waals surface area contributed by atoms with Gasteiger partial charge in [-0.25, -0.2) is 4.98 Å². The molecule has 1 aliphatic rings. The third kappa shape index (κ3) is 3.44. The fraction of sp³-hybridized carbons (Fsp3) is 0.0870. The summed E-state index contributed by atoms with van der Waals surface area (Å²) in [7, 11) is 0. The SMILES string of the molecule is Cc1oc(-c2ccccc2)nc1Cc1cc2c(C=C3SC(=O)NC3=O)cccc2[nH]1. The van der Waals surface area contributed by atoms with Gasteiger partial charge in [-0.05, 0) is 54.6 Å². The van der Waals surface area contributed by atoms with E-state index in [9.17, 15) is 9.59 Å². The second kappa shape index (κ2) is 7.35. The van der Waals surface area contributed by atoms with Gasteiger partial charge in [0, 0.05) is 28.6 Å². The number of carbonyl (C=O) groups excluding carboxylic acids is 2. The number of oxazole rings is 1. The number of H-pyrrole nitrogens is 1. The predicted octanol–water partition coefficient (Wildman–Crippen LogP) is 5.05. The Bertz CT molecular complexity index is 1320. The molecule has 148 valence electrons. The Morgan fingerprint density at radius 1 is 1.10 bits per heavy atom. The number of aryl methyl sites for hydroxylation is 1. The lowest BCUT2D eigenvalue weighted by Crippen LogP contribution is -2.17. The van der Waals surface area contributed by atoms with Gasteiger partial charge < -0.3 is 9.40 Å². The summed E-state index contributed by atoms with van der Waals surface area (Å²) in [6.07, 6.45) is 2.35. The normalized spacial score (nSPS) is 15.3. The van der Waals surface area contributed by atoms with E-state index >= 15 is 0 Å². The van der Waals surface area contributed by atoms with Crippen molar-refractivity contribution in [3.05, 3.63) is 82.2 Å². The van der Waals surface area contributed by atoms with Crippen molar-refractivity contribution in [1.29, 1.82) is 0 Å². The predicted molar refractivity (Wildman–Crippen MR) is 117 cm³/mol. The molecule has 0 saturated carbocycles. The lowest BCUT2D eigenvalue weighted by Gasteiger charge is -1.97. The third-order valence-corrected chi connectivity index (χ3v) is 5.76. The van der Waals surface area contributed by atoms with E-state index < -0.39 is 0 Å². The minimum Gasteiger partial charge on any atom is -0.441 e. The molecule has 2 amide bonds. The van der Waals surface area contributed by atoms with Gasteiger partial charge in [0.15, 0.2) is 0 Å². The summed E-state index contributed by atoms with van der Waals surface area (Å²) < 4.78 is 5.87. The number of nitrogens with one attached hydrogen (secondary N) is 2. The van der Waals surface area contributed by atoms with E-state index in [2.05, 4.69) is 21.4 Å². The Balaban J connectivity index is 1.47. The van der Waals surface area contributed by atoms with Crippen LogP contribution < -0.4 is 5.32 Å². The highest BCUT2D eigenvalue weighted by Gasteiger charge is 2.25.